The van der Waals surface area contributed by atoms with Crippen LogP contribution in [0.25, 0.3) is 0 Å². The highest BCUT2D eigenvalue weighted by Gasteiger charge is 2.23. The van der Waals surface area contributed by atoms with Crippen molar-refractivity contribution in [2.45, 2.75) is 32.4 Å². The number of aliphatic hydroxyl groups excluding tert-OH is 1. The maximum Gasteiger partial charge on any atom is 0.0552 e. The molecule has 0 saturated carbocycles. The molecular weight excluding hydrogens is 200 g/mol. The Balaban J connectivity index is 1.93. The molecule has 3 heteroatoms. The van der Waals surface area contributed by atoms with E-state index in [1.54, 1.807) is 0 Å². The summed E-state index contributed by atoms with van der Waals surface area (Å²) in [5.74, 6) is 0.453. The molecule has 0 unspecified atom stereocenters. The number of aryl methyl sites for hydroxylation is 1. The largest absolute Gasteiger partial charge is 0.393 e. The molecular formula is C13H22N2O. The third-order valence-corrected chi connectivity index (χ3v) is 3.66. The van der Waals surface area contributed by atoms with Crippen molar-refractivity contribution < 1.29 is 5.11 Å². The molecule has 2 atom stereocenters. The Morgan fingerprint density at radius 1 is 1.56 bits per heavy atom. The molecule has 0 aliphatic carbocycles. The predicted molar refractivity (Wildman–Crippen MR) is 65.1 cm³/mol. The van der Waals surface area contributed by atoms with Crippen molar-refractivity contribution in [2.24, 2.45) is 13.0 Å². The molecule has 90 valence electrons. The van der Waals surface area contributed by atoms with Gasteiger partial charge in [-0.15, -0.1) is 0 Å². The van der Waals surface area contributed by atoms with Crippen molar-refractivity contribution >= 4 is 0 Å². The van der Waals surface area contributed by atoms with E-state index >= 15 is 0 Å². The van der Waals surface area contributed by atoms with Gasteiger partial charge in [0.2, 0.25) is 0 Å². The van der Waals surface area contributed by atoms with Gasteiger partial charge in [0.05, 0.1) is 6.10 Å². The molecule has 0 radical (unpaired) electrons. The number of rotatable bonds is 3. The minimum absolute atomic E-state index is 0.170. The smallest absolute Gasteiger partial charge is 0.0552 e. The fraction of sp³-hybridized carbons (Fsp3) is 0.692. The van der Waals surface area contributed by atoms with E-state index < -0.39 is 0 Å². The molecule has 2 heterocycles. The van der Waals surface area contributed by atoms with E-state index in [-0.39, 0.29) is 6.10 Å². The average Bonchev–Trinajstić information content (AvgIpc) is 2.65. The van der Waals surface area contributed by atoms with Crippen LogP contribution in [-0.2, 0) is 13.6 Å². The summed E-state index contributed by atoms with van der Waals surface area (Å²) in [7, 11) is 2.09. The summed E-state index contributed by atoms with van der Waals surface area (Å²) in [4.78, 5) is 2.45. The minimum atomic E-state index is -0.170. The Morgan fingerprint density at radius 3 is 3.00 bits per heavy atom. The van der Waals surface area contributed by atoms with Crippen LogP contribution in [0, 0.1) is 5.92 Å². The van der Waals surface area contributed by atoms with Gasteiger partial charge in [-0.3, -0.25) is 4.90 Å². The third-order valence-electron chi connectivity index (χ3n) is 3.66. The number of piperidine rings is 1. The zero-order valence-electron chi connectivity index (χ0n) is 10.3. The Kier molecular flexibility index (Phi) is 3.66. The van der Waals surface area contributed by atoms with Crippen molar-refractivity contribution in [3.8, 4) is 0 Å². The summed E-state index contributed by atoms with van der Waals surface area (Å²) in [5, 5.41) is 9.64. The Morgan fingerprint density at radius 2 is 2.38 bits per heavy atom. The first kappa shape index (κ1) is 11.7. The number of aliphatic hydroxyl groups is 1. The maximum atomic E-state index is 9.64. The SMILES string of the molecule is C[C@H](O)[C@H]1CCCN(Cc2cccn2C)C1. The Hall–Kier alpha value is -0.800. The maximum absolute atomic E-state index is 9.64. The van der Waals surface area contributed by atoms with Gasteiger partial charge in [-0.25, -0.2) is 0 Å². The summed E-state index contributed by atoms with van der Waals surface area (Å²) < 4.78 is 2.17. The molecule has 0 spiro atoms. The quantitative estimate of drug-likeness (QED) is 0.842. The number of nitrogens with zero attached hydrogens (tertiary/aromatic N) is 2. The van der Waals surface area contributed by atoms with Crippen LogP contribution in [0.2, 0.25) is 0 Å². The highest BCUT2D eigenvalue weighted by atomic mass is 16.3. The van der Waals surface area contributed by atoms with Gasteiger partial charge in [0.1, 0.15) is 0 Å². The first-order valence-electron chi connectivity index (χ1n) is 6.17. The predicted octanol–water partition coefficient (Wildman–Crippen LogP) is 1.62. The van der Waals surface area contributed by atoms with E-state index in [1.807, 2.05) is 6.92 Å². The van der Waals surface area contributed by atoms with Crippen LogP contribution in [0.15, 0.2) is 18.3 Å². The lowest BCUT2D eigenvalue weighted by Gasteiger charge is -2.34. The molecule has 0 bridgehead atoms. The lowest BCUT2D eigenvalue weighted by Crippen LogP contribution is -2.39. The van der Waals surface area contributed by atoms with Gasteiger partial charge >= 0.3 is 0 Å². The van der Waals surface area contributed by atoms with Crippen LogP contribution in [0.5, 0.6) is 0 Å². The van der Waals surface area contributed by atoms with Crippen LogP contribution in [0.3, 0.4) is 0 Å². The highest BCUT2D eigenvalue weighted by Crippen LogP contribution is 2.21. The second kappa shape index (κ2) is 5.02. The van der Waals surface area contributed by atoms with Gasteiger partial charge in [-0.1, -0.05) is 0 Å². The van der Waals surface area contributed by atoms with E-state index in [9.17, 15) is 5.11 Å². The lowest BCUT2D eigenvalue weighted by molar-refractivity contribution is 0.0591. The standard InChI is InChI=1S/C13H22N2O/c1-11(16)12-5-3-8-15(9-12)10-13-6-4-7-14(13)2/h4,6-7,11-12,16H,3,5,8-10H2,1-2H3/t11-,12-/m0/s1. The van der Waals surface area contributed by atoms with Crippen molar-refractivity contribution in [1.29, 1.82) is 0 Å². The Bertz CT molecular complexity index is 332. The zero-order valence-corrected chi connectivity index (χ0v) is 10.3. The van der Waals surface area contributed by atoms with Crippen LogP contribution in [0.4, 0.5) is 0 Å². The number of hydrogen-bond acceptors (Lipinski definition) is 2. The second-order valence-corrected chi connectivity index (χ2v) is 4.99. The van der Waals surface area contributed by atoms with E-state index in [2.05, 4.69) is 34.8 Å². The van der Waals surface area contributed by atoms with Crippen LogP contribution < -0.4 is 0 Å². The van der Waals surface area contributed by atoms with Gasteiger partial charge in [0.15, 0.2) is 0 Å². The van der Waals surface area contributed by atoms with Gasteiger partial charge in [0.25, 0.3) is 0 Å². The summed E-state index contributed by atoms with van der Waals surface area (Å²) in [6.45, 7) is 5.11. The van der Waals surface area contributed by atoms with Gasteiger partial charge in [-0.05, 0) is 44.4 Å². The fourth-order valence-electron chi connectivity index (χ4n) is 2.52. The first-order valence-corrected chi connectivity index (χ1v) is 6.17. The van der Waals surface area contributed by atoms with Gasteiger partial charge in [-0.2, -0.15) is 0 Å². The van der Waals surface area contributed by atoms with Crippen LogP contribution >= 0.6 is 0 Å². The molecule has 16 heavy (non-hydrogen) atoms. The summed E-state index contributed by atoms with van der Waals surface area (Å²) in [5.41, 5.74) is 1.35. The molecule has 1 fully saturated rings. The summed E-state index contributed by atoms with van der Waals surface area (Å²) >= 11 is 0. The van der Waals surface area contributed by atoms with Gasteiger partial charge in [0, 0.05) is 32.0 Å². The molecule has 2 rings (SSSR count). The van der Waals surface area contributed by atoms with E-state index in [1.165, 1.54) is 18.5 Å². The second-order valence-electron chi connectivity index (χ2n) is 4.99. The summed E-state index contributed by atoms with van der Waals surface area (Å²) in [6.07, 6.45) is 4.29. The minimum Gasteiger partial charge on any atom is -0.393 e. The fourth-order valence-corrected chi connectivity index (χ4v) is 2.52. The van der Waals surface area contributed by atoms with Crippen LogP contribution in [-0.4, -0.2) is 33.8 Å². The van der Waals surface area contributed by atoms with Gasteiger partial charge < -0.3 is 9.67 Å². The normalized spacial score (nSPS) is 24.6. The number of aromatic nitrogens is 1. The average molecular weight is 222 g/mol. The molecule has 1 aromatic heterocycles. The molecule has 1 saturated heterocycles. The van der Waals surface area contributed by atoms with Crippen molar-refractivity contribution in [2.75, 3.05) is 13.1 Å². The molecule has 0 aromatic carbocycles. The number of likely N-dealkylation sites (tertiary alicyclic amines) is 1. The van der Waals surface area contributed by atoms with E-state index in [0.717, 1.165) is 19.6 Å². The molecule has 1 aliphatic rings. The molecule has 1 aromatic rings. The molecule has 1 N–H and O–H groups in total. The molecule has 1 aliphatic heterocycles. The third kappa shape index (κ3) is 2.66. The highest BCUT2D eigenvalue weighted by molar-refractivity contribution is 5.06. The van der Waals surface area contributed by atoms with E-state index in [4.69, 9.17) is 0 Å². The topological polar surface area (TPSA) is 28.4 Å². The Labute approximate surface area is 97.7 Å². The summed E-state index contributed by atoms with van der Waals surface area (Å²) in [6, 6.07) is 4.26. The first-order chi connectivity index (χ1) is 7.66. The van der Waals surface area contributed by atoms with E-state index in [0.29, 0.717) is 5.92 Å². The van der Waals surface area contributed by atoms with Crippen molar-refractivity contribution in [1.82, 2.24) is 9.47 Å². The molecule has 3 nitrogen and oxygen atoms in total. The number of hydrogen-bond donors (Lipinski definition) is 1. The lowest BCUT2D eigenvalue weighted by atomic mass is 9.93. The van der Waals surface area contributed by atoms with Crippen LogP contribution in [0.1, 0.15) is 25.5 Å². The van der Waals surface area contributed by atoms with Crippen molar-refractivity contribution in [3.63, 3.8) is 0 Å². The monoisotopic (exact) mass is 222 g/mol. The zero-order chi connectivity index (χ0) is 11.5. The molecule has 0 amide bonds. The van der Waals surface area contributed by atoms with Crippen molar-refractivity contribution in [3.05, 3.63) is 24.0 Å².